The van der Waals surface area contributed by atoms with Crippen LogP contribution in [0, 0.1) is 12.8 Å². The highest BCUT2D eigenvalue weighted by Gasteiger charge is 2.25. The van der Waals surface area contributed by atoms with Gasteiger partial charge in [0.25, 0.3) is 0 Å². The Hall–Kier alpha value is -1.85. The Morgan fingerprint density at radius 2 is 1.96 bits per heavy atom. The predicted octanol–water partition coefficient (Wildman–Crippen LogP) is 4.65. The van der Waals surface area contributed by atoms with Gasteiger partial charge in [-0.25, -0.2) is 4.79 Å². The molecule has 1 unspecified atom stereocenters. The van der Waals surface area contributed by atoms with Gasteiger partial charge in [0, 0.05) is 17.1 Å². The molecule has 2 amide bonds. The lowest BCUT2D eigenvalue weighted by Crippen LogP contribution is -2.42. The van der Waals surface area contributed by atoms with Gasteiger partial charge in [-0.2, -0.15) is 0 Å². The number of nitrogens with one attached hydrogen (secondary N) is 2. The number of urea groups is 1. The van der Waals surface area contributed by atoms with Gasteiger partial charge in [0.05, 0.1) is 6.04 Å². The molecule has 0 aliphatic carbocycles. The van der Waals surface area contributed by atoms with Crippen LogP contribution in [0.2, 0.25) is 0 Å². The van der Waals surface area contributed by atoms with E-state index < -0.39 is 0 Å². The fourth-order valence-corrected chi connectivity index (χ4v) is 4.09. The summed E-state index contributed by atoms with van der Waals surface area (Å²) in [5.41, 5.74) is 2.01. The second-order valence-electron chi connectivity index (χ2n) is 6.95. The number of piperidine rings is 1. The molecule has 0 spiro atoms. The van der Waals surface area contributed by atoms with E-state index in [-0.39, 0.29) is 12.1 Å². The van der Waals surface area contributed by atoms with Crippen LogP contribution in [0.1, 0.15) is 36.2 Å². The first-order valence-corrected chi connectivity index (χ1v) is 9.89. The van der Waals surface area contributed by atoms with Crippen molar-refractivity contribution in [2.45, 2.75) is 32.7 Å². The van der Waals surface area contributed by atoms with Gasteiger partial charge < -0.3 is 10.6 Å². The van der Waals surface area contributed by atoms with Crippen LogP contribution in [0.4, 0.5) is 10.5 Å². The second-order valence-corrected chi connectivity index (χ2v) is 7.93. The summed E-state index contributed by atoms with van der Waals surface area (Å²) >= 11 is 1.77. The summed E-state index contributed by atoms with van der Waals surface area (Å²) in [4.78, 5) is 16.1. The van der Waals surface area contributed by atoms with Gasteiger partial charge in [0.15, 0.2) is 0 Å². The lowest BCUT2D eigenvalue weighted by molar-refractivity contribution is 0.138. The first-order chi connectivity index (χ1) is 12.1. The van der Waals surface area contributed by atoms with Gasteiger partial charge in [0.1, 0.15) is 0 Å². The van der Waals surface area contributed by atoms with Crippen LogP contribution < -0.4 is 10.6 Å². The van der Waals surface area contributed by atoms with E-state index in [9.17, 15) is 4.79 Å². The van der Waals surface area contributed by atoms with Crippen LogP contribution in [0.25, 0.3) is 0 Å². The quantitative estimate of drug-likeness (QED) is 0.818. The summed E-state index contributed by atoms with van der Waals surface area (Å²) < 4.78 is 0. The van der Waals surface area contributed by atoms with Gasteiger partial charge in [0.2, 0.25) is 0 Å². The average molecular weight is 358 g/mol. The molecule has 1 fully saturated rings. The maximum Gasteiger partial charge on any atom is 0.319 e. The highest BCUT2D eigenvalue weighted by molar-refractivity contribution is 7.10. The van der Waals surface area contributed by atoms with Gasteiger partial charge in [-0.1, -0.05) is 30.7 Å². The monoisotopic (exact) mass is 357 g/mol. The zero-order chi connectivity index (χ0) is 17.6. The Morgan fingerprint density at radius 1 is 1.24 bits per heavy atom. The Kier molecular flexibility index (Phi) is 6.10. The molecule has 134 valence electrons. The lowest BCUT2D eigenvalue weighted by atomic mass is 9.97. The SMILES string of the molecule is Cc1ccc(NC(=O)NCC(c2cccs2)N2CCC(C)CC2)cc1. The van der Waals surface area contributed by atoms with Crippen LogP contribution in [-0.2, 0) is 0 Å². The zero-order valence-electron chi connectivity index (χ0n) is 15.0. The van der Waals surface area contributed by atoms with E-state index in [1.807, 2.05) is 31.2 Å². The van der Waals surface area contributed by atoms with Gasteiger partial charge in [-0.15, -0.1) is 11.3 Å². The van der Waals surface area contributed by atoms with Crippen LogP contribution in [0.5, 0.6) is 0 Å². The number of benzene rings is 1. The number of carbonyl (C=O) groups is 1. The third kappa shape index (κ3) is 5.06. The molecule has 1 aliphatic heterocycles. The topological polar surface area (TPSA) is 44.4 Å². The molecule has 25 heavy (non-hydrogen) atoms. The molecular formula is C20H27N3OS. The first-order valence-electron chi connectivity index (χ1n) is 9.01. The summed E-state index contributed by atoms with van der Waals surface area (Å²) in [5, 5.41) is 8.08. The number of aryl methyl sites for hydroxylation is 1. The van der Waals surface area contributed by atoms with Crippen LogP contribution in [0.15, 0.2) is 41.8 Å². The van der Waals surface area contributed by atoms with Crippen molar-refractivity contribution in [3.05, 3.63) is 52.2 Å². The Labute approximate surface area is 154 Å². The number of anilines is 1. The highest BCUT2D eigenvalue weighted by Crippen LogP contribution is 2.29. The number of amides is 2. The van der Waals surface area contributed by atoms with E-state index in [1.54, 1.807) is 11.3 Å². The van der Waals surface area contributed by atoms with Crippen molar-refractivity contribution in [3.63, 3.8) is 0 Å². The fourth-order valence-electron chi connectivity index (χ4n) is 3.23. The second kappa shape index (κ2) is 8.50. The Morgan fingerprint density at radius 3 is 2.60 bits per heavy atom. The number of likely N-dealkylation sites (tertiary alicyclic amines) is 1. The highest BCUT2D eigenvalue weighted by atomic mass is 32.1. The molecule has 1 aromatic heterocycles. The number of thiophene rings is 1. The van der Waals surface area contributed by atoms with Crippen molar-refractivity contribution in [2.75, 3.05) is 25.0 Å². The Balaban J connectivity index is 1.58. The summed E-state index contributed by atoms with van der Waals surface area (Å²) in [6, 6.07) is 12.2. The molecule has 3 rings (SSSR count). The number of carbonyl (C=O) groups excluding carboxylic acids is 1. The molecule has 1 aliphatic rings. The molecular weight excluding hydrogens is 330 g/mol. The lowest BCUT2D eigenvalue weighted by Gasteiger charge is -2.36. The van der Waals surface area contributed by atoms with Crippen LogP contribution in [-0.4, -0.2) is 30.6 Å². The molecule has 1 atom stereocenters. The first kappa shape index (κ1) is 18.0. The molecule has 2 aromatic rings. The summed E-state index contributed by atoms with van der Waals surface area (Å²) in [6.45, 7) is 7.20. The van der Waals surface area contributed by atoms with Crippen molar-refractivity contribution in [1.82, 2.24) is 10.2 Å². The third-order valence-electron chi connectivity index (χ3n) is 4.90. The smallest absolute Gasteiger partial charge is 0.319 e. The van der Waals surface area contributed by atoms with Gasteiger partial charge in [-0.3, -0.25) is 4.90 Å². The standard InChI is InChI=1S/C20H27N3OS/c1-15-5-7-17(8-6-15)22-20(24)21-14-18(19-4-3-13-25-19)23-11-9-16(2)10-12-23/h3-8,13,16,18H,9-12,14H2,1-2H3,(H2,21,22,24). The van der Waals surface area contributed by atoms with Crippen LogP contribution >= 0.6 is 11.3 Å². The maximum atomic E-state index is 12.3. The molecule has 1 aromatic carbocycles. The minimum Gasteiger partial charge on any atom is -0.336 e. The minimum absolute atomic E-state index is 0.143. The molecule has 2 heterocycles. The van der Waals surface area contributed by atoms with E-state index in [2.05, 4.69) is 40.0 Å². The largest absolute Gasteiger partial charge is 0.336 e. The van der Waals surface area contributed by atoms with Crippen molar-refractivity contribution in [2.24, 2.45) is 5.92 Å². The fraction of sp³-hybridized carbons (Fsp3) is 0.450. The van der Waals surface area contributed by atoms with E-state index in [4.69, 9.17) is 0 Å². The van der Waals surface area contributed by atoms with Crippen molar-refractivity contribution < 1.29 is 4.79 Å². The summed E-state index contributed by atoms with van der Waals surface area (Å²) in [5.74, 6) is 0.804. The van der Waals surface area contributed by atoms with Gasteiger partial charge >= 0.3 is 6.03 Å². The number of rotatable bonds is 5. The zero-order valence-corrected chi connectivity index (χ0v) is 15.8. The maximum absolute atomic E-state index is 12.3. The number of hydrogen-bond donors (Lipinski definition) is 2. The van der Waals surface area contributed by atoms with E-state index in [1.165, 1.54) is 23.3 Å². The summed E-state index contributed by atoms with van der Waals surface area (Å²) in [6.07, 6.45) is 2.47. The normalized spacial score (nSPS) is 17.2. The Bertz CT molecular complexity index is 661. The van der Waals surface area contributed by atoms with E-state index in [0.717, 1.165) is 24.7 Å². The van der Waals surface area contributed by atoms with E-state index >= 15 is 0 Å². The molecule has 4 nitrogen and oxygen atoms in total. The number of hydrogen-bond acceptors (Lipinski definition) is 3. The van der Waals surface area contributed by atoms with Crippen molar-refractivity contribution in [3.8, 4) is 0 Å². The molecule has 2 N–H and O–H groups in total. The number of nitrogens with zero attached hydrogens (tertiary/aromatic N) is 1. The predicted molar refractivity (Wildman–Crippen MR) is 105 cm³/mol. The van der Waals surface area contributed by atoms with Crippen LogP contribution in [0.3, 0.4) is 0 Å². The molecule has 0 radical (unpaired) electrons. The van der Waals surface area contributed by atoms with Crippen molar-refractivity contribution >= 4 is 23.1 Å². The molecule has 0 bridgehead atoms. The average Bonchev–Trinajstić information content (AvgIpc) is 3.13. The van der Waals surface area contributed by atoms with Gasteiger partial charge in [-0.05, 0) is 62.4 Å². The van der Waals surface area contributed by atoms with Crippen molar-refractivity contribution in [1.29, 1.82) is 0 Å². The van der Waals surface area contributed by atoms with E-state index in [0.29, 0.717) is 6.54 Å². The minimum atomic E-state index is -0.143. The molecule has 5 heteroatoms. The molecule has 1 saturated heterocycles. The molecule has 0 saturated carbocycles. The summed E-state index contributed by atoms with van der Waals surface area (Å²) in [7, 11) is 0. The third-order valence-corrected chi connectivity index (χ3v) is 5.87.